The lowest BCUT2D eigenvalue weighted by molar-refractivity contribution is 0.0956. The monoisotopic (exact) mass is 232 g/mol. The number of nitrogens with one attached hydrogen (secondary N) is 2. The van der Waals surface area contributed by atoms with Crippen LogP contribution in [0.1, 0.15) is 41.6 Å². The van der Waals surface area contributed by atoms with Gasteiger partial charge in [0, 0.05) is 18.7 Å². The molecule has 0 aliphatic carbocycles. The number of piperidine rings is 1. The third kappa shape index (κ3) is 3.07. The van der Waals surface area contributed by atoms with Gasteiger partial charge in [0.2, 0.25) is 0 Å². The second kappa shape index (κ2) is 5.82. The third-order valence-electron chi connectivity index (χ3n) is 3.28. The molecule has 0 aromatic heterocycles. The van der Waals surface area contributed by atoms with E-state index in [2.05, 4.69) is 22.8 Å². The van der Waals surface area contributed by atoms with E-state index in [0.717, 1.165) is 18.7 Å². The Labute approximate surface area is 103 Å². The first-order valence-corrected chi connectivity index (χ1v) is 6.40. The quantitative estimate of drug-likeness (QED) is 0.835. The van der Waals surface area contributed by atoms with Gasteiger partial charge in [-0.3, -0.25) is 4.79 Å². The van der Waals surface area contributed by atoms with Crippen molar-refractivity contribution in [1.29, 1.82) is 0 Å². The Morgan fingerprint density at radius 1 is 1.41 bits per heavy atom. The topological polar surface area (TPSA) is 41.1 Å². The molecule has 1 saturated heterocycles. The number of hydrogen-bond donors (Lipinski definition) is 2. The van der Waals surface area contributed by atoms with Crippen LogP contribution < -0.4 is 10.6 Å². The Kier molecular flexibility index (Phi) is 4.15. The molecule has 92 valence electrons. The standard InChI is InChI=1S/C14H20N2O/c1-2-16-14(17)12-7-5-11(6-8-12)13-4-3-9-15-10-13/h5-8,13,15H,2-4,9-10H2,1H3,(H,16,17). The average molecular weight is 232 g/mol. The summed E-state index contributed by atoms with van der Waals surface area (Å²) in [7, 11) is 0. The maximum absolute atomic E-state index is 11.6. The van der Waals surface area contributed by atoms with Gasteiger partial charge in [0.25, 0.3) is 5.91 Å². The maximum atomic E-state index is 11.6. The Morgan fingerprint density at radius 3 is 2.76 bits per heavy atom. The molecule has 2 N–H and O–H groups in total. The molecule has 1 amide bonds. The molecule has 0 spiro atoms. The molecular weight excluding hydrogens is 212 g/mol. The molecule has 1 fully saturated rings. The summed E-state index contributed by atoms with van der Waals surface area (Å²) in [5.74, 6) is 0.618. The van der Waals surface area contributed by atoms with E-state index in [-0.39, 0.29) is 5.91 Å². The molecule has 2 rings (SSSR count). The highest BCUT2D eigenvalue weighted by molar-refractivity contribution is 5.94. The number of benzene rings is 1. The van der Waals surface area contributed by atoms with E-state index in [1.807, 2.05) is 19.1 Å². The van der Waals surface area contributed by atoms with Crippen LogP contribution in [0.25, 0.3) is 0 Å². The van der Waals surface area contributed by atoms with Gasteiger partial charge in [0.05, 0.1) is 0 Å². The van der Waals surface area contributed by atoms with Crippen LogP contribution in [0.3, 0.4) is 0 Å². The highest BCUT2D eigenvalue weighted by atomic mass is 16.1. The fourth-order valence-corrected chi connectivity index (χ4v) is 2.31. The zero-order valence-electron chi connectivity index (χ0n) is 10.3. The fraction of sp³-hybridized carbons (Fsp3) is 0.500. The lowest BCUT2D eigenvalue weighted by Gasteiger charge is -2.23. The van der Waals surface area contributed by atoms with Crippen molar-refractivity contribution in [3.05, 3.63) is 35.4 Å². The summed E-state index contributed by atoms with van der Waals surface area (Å²) in [5, 5.41) is 6.22. The summed E-state index contributed by atoms with van der Waals surface area (Å²) in [5.41, 5.74) is 2.09. The van der Waals surface area contributed by atoms with Gasteiger partial charge in [-0.15, -0.1) is 0 Å². The molecule has 1 aliphatic rings. The molecule has 0 bridgehead atoms. The van der Waals surface area contributed by atoms with Crippen molar-refractivity contribution in [2.45, 2.75) is 25.7 Å². The minimum Gasteiger partial charge on any atom is -0.352 e. The van der Waals surface area contributed by atoms with Gasteiger partial charge in [-0.1, -0.05) is 12.1 Å². The van der Waals surface area contributed by atoms with Gasteiger partial charge in [-0.2, -0.15) is 0 Å². The van der Waals surface area contributed by atoms with Crippen LogP contribution in [-0.4, -0.2) is 25.5 Å². The molecule has 0 saturated carbocycles. The van der Waals surface area contributed by atoms with Gasteiger partial charge in [0.15, 0.2) is 0 Å². The molecule has 1 aliphatic heterocycles. The van der Waals surface area contributed by atoms with E-state index in [4.69, 9.17) is 0 Å². The zero-order chi connectivity index (χ0) is 12.1. The SMILES string of the molecule is CCNC(=O)c1ccc(C2CCCNC2)cc1. The highest BCUT2D eigenvalue weighted by Gasteiger charge is 2.15. The van der Waals surface area contributed by atoms with Crippen LogP contribution in [0.4, 0.5) is 0 Å². The molecule has 1 aromatic carbocycles. The lowest BCUT2D eigenvalue weighted by Crippen LogP contribution is -2.28. The van der Waals surface area contributed by atoms with Crippen LogP contribution in [-0.2, 0) is 0 Å². The largest absolute Gasteiger partial charge is 0.352 e. The van der Waals surface area contributed by atoms with E-state index in [1.54, 1.807) is 0 Å². The minimum absolute atomic E-state index is 0.0146. The molecule has 17 heavy (non-hydrogen) atoms. The normalized spacial score (nSPS) is 19.9. The van der Waals surface area contributed by atoms with Crippen LogP contribution in [0.2, 0.25) is 0 Å². The molecule has 1 heterocycles. The van der Waals surface area contributed by atoms with Gasteiger partial charge >= 0.3 is 0 Å². The summed E-state index contributed by atoms with van der Waals surface area (Å²) in [6, 6.07) is 8.02. The Bertz CT molecular complexity index is 366. The van der Waals surface area contributed by atoms with Gasteiger partial charge in [-0.25, -0.2) is 0 Å². The molecule has 3 nitrogen and oxygen atoms in total. The van der Waals surface area contributed by atoms with Gasteiger partial charge in [0.1, 0.15) is 0 Å². The summed E-state index contributed by atoms with van der Waals surface area (Å²) in [6.45, 7) is 4.79. The van der Waals surface area contributed by atoms with Crippen molar-refractivity contribution in [3.8, 4) is 0 Å². The minimum atomic E-state index is 0.0146. The Hall–Kier alpha value is -1.35. The second-order valence-corrected chi connectivity index (χ2v) is 4.52. The van der Waals surface area contributed by atoms with Crippen molar-refractivity contribution in [2.75, 3.05) is 19.6 Å². The molecular formula is C14H20N2O. The van der Waals surface area contributed by atoms with E-state index in [0.29, 0.717) is 12.5 Å². The van der Waals surface area contributed by atoms with Gasteiger partial charge in [-0.05, 0) is 49.9 Å². The lowest BCUT2D eigenvalue weighted by atomic mass is 9.91. The highest BCUT2D eigenvalue weighted by Crippen LogP contribution is 2.23. The molecule has 1 atom stereocenters. The number of carbonyl (C=O) groups excluding carboxylic acids is 1. The van der Waals surface area contributed by atoms with E-state index in [9.17, 15) is 4.79 Å². The van der Waals surface area contributed by atoms with Gasteiger partial charge < -0.3 is 10.6 Å². The summed E-state index contributed by atoms with van der Waals surface area (Å²) in [6.07, 6.45) is 2.48. The molecule has 0 radical (unpaired) electrons. The second-order valence-electron chi connectivity index (χ2n) is 4.52. The van der Waals surface area contributed by atoms with Crippen LogP contribution in [0.15, 0.2) is 24.3 Å². The zero-order valence-corrected chi connectivity index (χ0v) is 10.3. The van der Waals surface area contributed by atoms with Crippen LogP contribution >= 0.6 is 0 Å². The molecule has 3 heteroatoms. The first kappa shape index (κ1) is 12.1. The Balaban J connectivity index is 2.04. The predicted octanol–water partition coefficient (Wildman–Crippen LogP) is 1.90. The van der Waals surface area contributed by atoms with Crippen molar-refractivity contribution in [3.63, 3.8) is 0 Å². The number of carbonyl (C=O) groups is 1. The van der Waals surface area contributed by atoms with Crippen LogP contribution in [0, 0.1) is 0 Å². The Morgan fingerprint density at radius 2 is 2.18 bits per heavy atom. The fourth-order valence-electron chi connectivity index (χ4n) is 2.31. The summed E-state index contributed by atoms with van der Waals surface area (Å²) in [4.78, 5) is 11.6. The molecule has 1 aromatic rings. The third-order valence-corrected chi connectivity index (χ3v) is 3.28. The van der Waals surface area contributed by atoms with Crippen LogP contribution in [0.5, 0.6) is 0 Å². The maximum Gasteiger partial charge on any atom is 0.251 e. The van der Waals surface area contributed by atoms with E-state index in [1.165, 1.54) is 18.4 Å². The van der Waals surface area contributed by atoms with Crippen molar-refractivity contribution in [1.82, 2.24) is 10.6 Å². The first-order chi connectivity index (χ1) is 8.31. The average Bonchev–Trinajstić information content (AvgIpc) is 2.40. The summed E-state index contributed by atoms with van der Waals surface area (Å²) < 4.78 is 0. The summed E-state index contributed by atoms with van der Waals surface area (Å²) >= 11 is 0. The number of rotatable bonds is 3. The van der Waals surface area contributed by atoms with E-state index < -0.39 is 0 Å². The number of amides is 1. The molecule has 1 unspecified atom stereocenters. The van der Waals surface area contributed by atoms with Crippen molar-refractivity contribution in [2.24, 2.45) is 0 Å². The predicted molar refractivity (Wildman–Crippen MR) is 69.3 cm³/mol. The number of hydrogen-bond acceptors (Lipinski definition) is 2. The van der Waals surface area contributed by atoms with E-state index >= 15 is 0 Å². The van der Waals surface area contributed by atoms with Crippen molar-refractivity contribution >= 4 is 5.91 Å². The first-order valence-electron chi connectivity index (χ1n) is 6.40. The smallest absolute Gasteiger partial charge is 0.251 e. The van der Waals surface area contributed by atoms with Crippen molar-refractivity contribution < 1.29 is 4.79 Å².